The van der Waals surface area contributed by atoms with Crippen LogP contribution in [0, 0.1) is 0 Å². The van der Waals surface area contributed by atoms with Gasteiger partial charge >= 0.3 is 12.2 Å². The summed E-state index contributed by atoms with van der Waals surface area (Å²) in [5.41, 5.74) is 13.6. The molecule has 17 nitrogen and oxygen atoms in total. The molecular weight excluding hydrogens is 1030 g/mol. The third kappa shape index (κ3) is 21.5. The molecular formula is C64H87N3O14. The third-order valence-corrected chi connectivity index (χ3v) is 14.3. The van der Waals surface area contributed by atoms with Crippen LogP contribution >= 0.6 is 0 Å². The van der Waals surface area contributed by atoms with Crippen molar-refractivity contribution in [2.45, 2.75) is 135 Å². The maximum atomic E-state index is 13.3. The zero-order valence-electron chi connectivity index (χ0n) is 49.6. The zero-order valence-corrected chi connectivity index (χ0v) is 47.6. The van der Waals surface area contributed by atoms with Gasteiger partial charge in [0.2, 0.25) is 5.91 Å². The van der Waals surface area contributed by atoms with E-state index in [2.05, 4.69) is 25.2 Å². The molecule has 0 radical (unpaired) electrons. The van der Waals surface area contributed by atoms with E-state index in [4.69, 9.17) is 41.5 Å². The number of hydrogen-bond acceptors (Lipinski definition) is 14. The van der Waals surface area contributed by atoms with Gasteiger partial charge in [-0.05, 0) is 133 Å². The molecule has 81 heavy (non-hydrogen) atoms. The van der Waals surface area contributed by atoms with Crippen LogP contribution in [0.1, 0.15) is 187 Å². The molecule has 17 heteroatoms. The van der Waals surface area contributed by atoms with Crippen molar-refractivity contribution in [3.05, 3.63) is 117 Å². The molecule has 0 heterocycles. The maximum absolute atomic E-state index is 13.3. The first-order valence-corrected chi connectivity index (χ1v) is 29.1. The summed E-state index contributed by atoms with van der Waals surface area (Å²) in [4.78, 5) is 74.9. The summed E-state index contributed by atoms with van der Waals surface area (Å²) in [6.45, 7) is 9.62. The lowest BCUT2D eigenvalue weighted by atomic mass is 9.93. The molecule has 2 aliphatic carbocycles. The lowest BCUT2D eigenvalue weighted by Gasteiger charge is -2.14. The molecule has 2 atom stereocenters. The number of hydrogen-bond donors (Lipinski definition) is 5. The quantitative estimate of drug-likeness (QED) is 0.0205. The van der Waals surface area contributed by atoms with Gasteiger partial charge in [0.25, 0.3) is 0 Å². The van der Waals surface area contributed by atoms with Gasteiger partial charge in [0.05, 0.1) is 6.61 Å². The van der Waals surface area contributed by atoms with E-state index in [1.807, 2.05) is 66.7 Å². The number of ketones is 3. The number of unbranched alkanes of at least 4 members (excludes halogenated alkanes) is 4. The molecule has 6 rings (SSSR count). The average Bonchev–Trinajstić information content (AvgIpc) is 2.20. The number of aliphatic hydroxyl groups is 2. The Bertz CT molecular complexity index is 2690. The topological polar surface area (TPSA) is 262 Å². The predicted molar refractivity (Wildman–Crippen MR) is 311 cm³/mol. The molecule has 0 aliphatic heterocycles. The van der Waals surface area contributed by atoms with Gasteiger partial charge in [-0.2, -0.15) is 0 Å². The van der Waals surface area contributed by atoms with Crippen molar-refractivity contribution in [2.24, 2.45) is 11.5 Å². The highest BCUT2D eigenvalue weighted by Gasteiger charge is 2.34. The summed E-state index contributed by atoms with van der Waals surface area (Å²) >= 11 is 0. The molecule has 2 aliphatic rings. The van der Waals surface area contributed by atoms with E-state index in [1.54, 1.807) is 11.5 Å². The Labute approximate surface area is 481 Å². The van der Waals surface area contributed by atoms with Gasteiger partial charge in [0, 0.05) is 120 Å². The van der Waals surface area contributed by atoms with E-state index < -0.39 is 12.2 Å². The van der Waals surface area contributed by atoms with Gasteiger partial charge in [0.1, 0.15) is 13.2 Å². The minimum absolute atomic E-state index is 0.000877. The number of fused-ring (bicyclic) bond motifs is 6. The second-order valence-electron chi connectivity index (χ2n) is 20.4. The Morgan fingerprint density at radius 2 is 0.988 bits per heavy atom. The zero-order chi connectivity index (χ0) is 59.6. The minimum Gasteiger partial charge on any atom is -0.449 e. The maximum Gasteiger partial charge on any atom is 0.404 e. The van der Waals surface area contributed by atoms with Crippen LogP contribution in [0.15, 0.2) is 72.8 Å². The van der Waals surface area contributed by atoms with E-state index in [-0.39, 0.29) is 61.5 Å². The number of benzene rings is 4. The largest absolute Gasteiger partial charge is 0.449 e. The Hall–Kier alpha value is -6.34. The second-order valence-corrected chi connectivity index (χ2v) is 20.4. The molecule has 0 fully saturated rings. The molecule has 4 aromatic carbocycles. The van der Waals surface area contributed by atoms with Crippen molar-refractivity contribution >= 4 is 35.4 Å². The van der Waals surface area contributed by atoms with Gasteiger partial charge in [-0.1, -0.05) is 87.4 Å². The lowest BCUT2D eigenvalue weighted by molar-refractivity contribution is -0.121. The molecule has 2 unspecified atom stereocenters. The van der Waals surface area contributed by atoms with E-state index in [0.717, 1.165) is 88.6 Å². The summed E-state index contributed by atoms with van der Waals surface area (Å²) in [5.74, 6) is -0.595. The van der Waals surface area contributed by atoms with Crippen LogP contribution < -0.4 is 16.8 Å². The van der Waals surface area contributed by atoms with Gasteiger partial charge in [-0.15, -0.1) is 0 Å². The van der Waals surface area contributed by atoms with E-state index in [0.29, 0.717) is 147 Å². The monoisotopic (exact) mass is 1120 g/mol. The van der Waals surface area contributed by atoms with E-state index in [1.165, 1.54) is 0 Å². The molecule has 0 saturated heterocycles. The van der Waals surface area contributed by atoms with Crippen molar-refractivity contribution in [1.29, 1.82) is 0 Å². The van der Waals surface area contributed by atoms with Gasteiger partial charge in [0.15, 0.2) is 20.2 Å². The van der Waals surface area contributed by atoms with Gasteiger partial charge in [-0.3, -0.25) is 19.2 Å². The molecule has 0 bridgehead atoms. The first kappa shape index (κ1) is 62.3. The number of carbonyl (C=O) groups excluding carboxylic acids is 6. The summed E-state index contributed by atoms with van der Waals surface area (Å²) in [7, 11) is 0. The van der Waals surface area contributed by atoms with E-state index >= 15 is 0 Å². The van der Waals surface area contributed by atoms with E-state index in [9.17, 15) is 28.8 Å². The number of ether oxygens (including phenoxy) is 6. The van der Waals surface area contributed by atoms with Crippen molar-refractivity contribution < 1.29 is 70.2 Å². The highest BCUT2D eigenvalue weighted by atomic mass is 16.5. The van der Waals surface area contributed by atoms with Crippen molar-refractivity contribution in [3.8, 4) is 22.3 Å². The number of nitrogens with two attached hydrogens (primary N) is 2. The fourth-order valence-electron chi connectivity index (χ4n) is 9.99. The Kier molecular flexibility index (Phi) is 28.4. The highest BCUT2D eigenvalue weighted by molar-refractivity contribution is 6.05. The predicted octanol–water partition coefficient (Wildman–Crippen LogP) is 10.3. The molecule has 442 valence electrons. The number of nitrogens with one attached hydrogen (secondary N) is 1. The summed E-state index contributed by atoms with van der Waals surface area (Å²) in [6.07, 6.45) is 10.2. The fourth-order valence-corrected chi connectivity index (χ4v) is 9.99. The first-order valence-electron chi connectivity index (χ1n) is 30.1. The number of aliphatic hydroxyl groups excluding tert-OH is 2. The highest BCUT2D eigenvalue weighted by Crippen LogP contribution is 2.48. The molecule has 7 N–H and O–H groups in total. The molecule has 4 aromatic rings. The number of primary amides is 2. The number of rotatable bonds is 40. The number of carbonyl (C=O) groups is 6. The van der Waals surface area contributed by atoms with Crippen molar-refractivity contribution in [3.63, 3.8) is 0 Å². The smallest absolute Gasteiger partial charge is 0.404 e. The average molecular weight is 1120 g/mol. The molecule has 0 saturated carbocycles. The number of aryl methyl sites for hydroxylation is 1. The Morgan fingerprint density at radius 3 is 1.52 bits per heavy atom. The fraction of sp³-hybridized carbons (Fsp3) is 0.531. The number of amides is 3. The first-order chi connectivity index (χ1) is 40.5. The van der Waals surface area contributed by atoms with Crippen LogP contribution in [0.2, 0.25) is 2.82 Å². The lowest BCUT2D eigenvalue weighted by Crippen LogP contribution is -2.27. The molecule has 0 spiro atoms. The van der Waals surface area contributed by atoms with Crippen molar-refractivity contribution in [2.75, 3.05) is 85.8 Å². The normalized spacial score (nSPS) is 13.8. The second kappa shape index (κ2) is 36.9. The van der Waals surface area contributed by atoms with Gasteiger partial charge < -0.3 is 55.4 Å². The van der Waals surface area contributed by atoms with Crippen LogP contribution in [-0.4, -0.2) is 131 Å². The third-order valence-electron chi connectivity index (χ3n) is 14.3. The van der Waals surface area contributed by atoms with Crippen LogP contribution in [0.25, 0.3) is 22.3 Å². The summed E-state index contributed by atoms with van der Waals surface area (Å²) < 4.78 is 46.9. The summed E-state index contributed by atoms with van der Waals surface area (Å²) in [6, 6.07) is 22.9. The number of Topliss-reactive ketones (excluding diaryl/α,β-unsaturated/α-hetero) is 3. The van der Waals surface area contributed by atoms with Gasteiger partial charge in [-0.25, -0.2) is 9.59 Å². The van der Waals surface area contributed by atoms with Crippen LogP contribution in [0.4, 0.5) is 9.59 Å². The van der Waals surface area contributed by atoms with Crippen LogP contribution in [0.3, 0.4) is 0 Å². The molecule has 3 amide bonds. The van der Waals surface area contributed by atoms with Crippen LogP contribution in [-0.2, 0) is 39.6 Å². The Morgan fingerprint density at radius 1 is 0.506 bits per heavy atom. The standard InChI is InChI=1S/C33H46N2O7.C31H41NO7/c1-2-3-18-41-21-16-35-31(38)13-6-9-24-14-15-26-28(22-24)29(23-42-33(34)39)25-10-7-11-27(32(25)26)30(37)12-8-20-40-19-5-4-17-36;1-2-3-15-37-17-6-8-29(34)22-10-12-24-25-13-11-23(30(35)9-7-18-38-16-5-4-14-33)20-27(25)28(26(24)19-22)21-39-31(32)36/h7,10-11,14-15,22,29,36H,2-6,8-9,12-13,16-21,23H2,1H3,(H2,34,39)(H,35,38);10-13,19-20,28,33H,2-9,14-18,21H2,1H3,(H2,32,36)/i/hD2. The molecule has 0 aromatic heterocycles. The Balaban J connectivity index is 0.000000305. The SMILES string of the molecule is [2H]NC(=O)OCC1c2cc(C(=O)CCCOCCCC)ccc2-c2ccc(C(=O)CCCOCCCCO)cc21.[2H]NC(=O)OCC1c2cc(CCCC(=O)NCCOCCCC)ccc2-c2c(C(=O)CCCOCCCCO)cccc21. The summed E-state index contributed by atoms with van der Waals surface area (Å²) in [5, 5.41) is 20.6. The minimum atomic E-state index is -0.864. The van der Waals surface area contributed by atoms with Crippen LogP contribution in [0.5, 0.6) is 0 Å². The van der Waals surface area contributed by atoms with Crippen molar-refractivity contribution in [1.82, 2.24) is 5.32 Å².